The zero-order valence-electron chi connectivity index (χ0n) is 22.3. The van der Waals surface area contributed by atoms with E-state index in [-0.39, 0.29) is 12.0 Å². The molecule has 3 fully saturated rings. The van der Waals surface area contributed by atoms with Crippen molar-refractivity contribution in [3.05, 3.63) is 42.1 Å². The van der Waals surface area contributed by atoms with Crippen LogP contribution in [0.3, 0.4) is 0 Å². The normalized spacial score (nSPS) is 21.0. The fraction of sp³-hybridized carbons (Fsp3) is 0.630. The van der Waals surface area contributed by atoms with Gasteiger partial charge in [-0.1, -0.05) is 6.07 Å². The van der Waals surface area contributed by atoms with Gasteiger partial charge in [-0.3, -0.25) is 19.5 Å². The number of methoxy groups -OCH3 is 1. The minimum atomic E-state index is -0.350. The van der Waals surface area contributed by atoms with Gasteiger partial charge in [0.15, 0.2) is 5.69 Å². The van der Waals surface area contributed by atoms with Gasteiger partial charge in [0, 0.05) is 90.3 Å². The lowest BCUT2D eigenvalue weighted by Crippen LogP contribution is -2.50. The number of piperazine rings is 2. The Hall–Kier alpha value is -2.70. The summed E-state index contributed by atoms with van der Waals surface area (Å²) in [6.45, 7) is 11.6. The van der Waals surface area contributed by atoms with E-state index in [9.17, 15) is 9.90 Å². The number of ether oxygens (including phenoxy) is 2. The van der Waals surface area contributed by atoms with Crippen molar-refractivity contribution in [2.24, 2.45) is 0 Å². The first-order valence-electron chi connectivity index (χ1n) is 13.6. The smallest absolute Gasteiger partial charge is 0.275 e. The Morgan fingerprint density at radius 1 is 0.974 bits per heavy atom. The molecule has 1 atom stereocenters. The number of aliphatic hydroxyl groups excluding tert-OH is 1. The number of aromatic nitrogens is 1. The summed E-state index contributed by atoms with van der Waals surface area (Å²) in [7, 11) is 1.67. The summed E-state index contributed by atoms with van der Waals surface area (Å²) in [6.07, 6.45) is 1.14. The summed E-state index contributed by atoms with van der Waals surface area (Å²) in [5.41, 5.74) is 1.48. The molecular weight excluding hydrogens is 488 g/mol. The minimum Gasteiger partial charge on any atom is -0.497 e. The summed E-state index contributed by atoms with van der Waals surface area (Å²) < 4.78 is 16.4. The molecule has 0 unspecified atom stereocenters. The Morgan fingerprint density at radius 3 is 2.37 bits per heavy atom. The molecule has 11 nitrogen and oxygen atoms in total. The molecule has 0 radical (unpaired) electrons. The highest BCUT2D eigenvalue weighted by Gasteiger charge is 2.26. The van der Waals surface area contributed by atoms with Crippen molar-refractivity contribution in [3.63, 3.8) is 0 Å². The van der Waals surface area contributed by atoms with E-state index in [2.05, 4.69) is 30.6 Å². The second kappa shape index (κ2) is 12.9. The van der Waals surface area contributed by atoms with E-state index in [1.807, 2.05) is 23.1 Å². The third-order valence-electron chi connectivity index (χ3n) is 7.62. The maximum atomic E-state index is 13.0. The highest BCUT2D eigenvalue weighted by Crippen LogP contribution is 2.22. The number of hydrogen-bond donors (Lipinski definition) is 1. The van der Waals surface area contributed by atoms with E-state index in [1.54, 1.807) is 7.11 Å². The quantitative estimate of drug-likeness (QED) is 0.494. The molecule has 1 N–H and O–H groups in total. The molecular formula is C27H40N6O5. The lowest BCUT2D eigenvalue weighted by Gasteiger charge is -2.36. The van der Waals surface area contributed by atoms with Crippen LogP contribution in [0.25, 0.3) is 0 Å². The third kappa shape index (κ3) is 7.03. The van der Waals surface area contributed by atoms with Crippen LogP contribution in [-0.2, 0) is 11.3 Å². The number of anilines is 1. The second-order valence-electron chi connectivity index (χ2n) is 10.3. The van der Waals surface area contributed by atoms with Gasteiger partial charge in [-0.25, -0.2) is 4.98 Å². The SMILES string of the molecule is COc1cccc(N2CCN(C(=O)c3coc(CN4CCN(C[C@H](O)CN5CCOCC5)CC4)n3)CC2)c1. The number of benzene rings is 1. The summed E-state index contributed by atoms with van der Waals surface area (Å²) in [5, 5.41) is 10.5. The maximum absolute atomic E-state index is 13.0. The van der Waals surface area contributed by atoms with E-state index >= 15 is 0 Å². The summed E-state index contributed by atoms with van der Waals surface area (Å²) in [4.78, 5) is 28.5. The van der Waals surface area contributed by atoms with Crippen LogP contribution in [-0.4, -0.2) is 141 Å². The first-order chi connectivity index (χ1) is 18.6. The molecule has 1 aromatic carbocycles. The van der Waals surface area contributed by atoms with Crippen molar-refractivity contribution in [2.75, 3.05) is 104 Å². The van der Waals surface area contributed by atoms with Crippen molar-refractivity contribution in [3.8, 4) is 5.75 Å². The third-order valence-corrected chi connectivity index (χ3v) is 7.62. The molecule has 0 saturated carbocycles. The number of nitrogens with zero attached hydrogens (tertiary/aromatic N) is 6. The highest BCUT2D eigenvalue weighted by molar-refractivity contribution is 5.92. The van der Waals surface area contributed by atoms with Crippen molar-refractivity contribution in [1.82, 2.24) is 24.6 Å². The number of morpholine rings is 1. The van der Waals surface area contributed by atoms with E-state index in [0.717, 1.165) is 77.0 Å². The molecule has 3 aliphatic rings. The number of rotatable bonds is 9. The van der Waals surface area contributed by atoms with Crippen LogP contribution < -0.4 is 9.64 Å². The molecule has 11 heteroatoms. The molecule has 2 aromatic rings. The van der Waals surface area contributed by atoms with Crippen molar-refractivity contribution < 1.29 is 23.8 Å². The second-order valence-corrected chi connectivity index (χ2v) is 10.3. The molecule has 0 aliphatic carbocycles. The largest absolute Gasteiger partial charge is 0.497 e. The van der Waals surface area contributed by atoms with Gasteiger partial charge in [0.05, 0.1) is 33.0 Å². The van der Waals surface area contributed by atoms with E-state index in [0.29, 0.717) is 44.3 Å². The standard InChI is InChI=1S/C27H40N6O5/c1-36-24-4-2-3-22(17-24)32-9-11-33(12-10-32)27(35)25-21-38-26(28-25)20-30-7-5-29(6-8-30)18-23(34)19-31-13-15-37-16-14-31/h2-4,17,21,23,34H,5-16,18-20H2,1H3/t23-/m0/s1. The van der Waals surface area contributed by atoms with Crippen LogP contribution in [0.2, 0.25) is 0 Å². The minimum absolute atomic E-state index is 0.0793. The maximum Gasteiger partial charge on any atom is 0.275 e. The number of carbonyl (C=O) groups is 1. The molecule has 0 bridgehead atoms. The fourth-order valence-corrected chi connectivity index (χ4v) is 5.38. The molecule has 3 saturated heterocycles. The molecule has 3 aliphatic heterocycles. The van der Waals surface area contributed by atoms with Crippen LogP contribution in [0.5, 0.6) is 5.75 Å². The Morgan fingerprint density at radius 2 is 1.66 bits per heavy atom. The number of β-amino-alcohol motifs (C(OH)–C–C–N with tert-alkyl or cyclic N) is 1. The van der Waals surface area contributed by atoms with Crippen molar-refractivity contribution in [1.29, 1.82) is 0 Å². The van der Waals surface area contributed by atoms with Gasteiger partial charge >= 0.3 is 0 Å². The summed E-state index contributed by atoms with van der Waals surface area (Å²) in [6, 6.07) is 8.01. The van der Waals surface area contributed by atoms with Gasteiger partial charge in [-0.2, -0.15) is 0 Å². The molecule has 1 aromatic heterocycles. The topological polar surface area (TPSA) is 98.0 Å². The van der Waals surface area contributed by atoms with Crippen LogP contribution in [0, 0.1) is 0 Å². The van der Waals surface area contributed by atoms with Crippen LogP contribution in [0.15, 0.2) is 34.9 Å². The number of hydrogen-bond acceptors (Lipinski definition) is 10. The molecule has 0 spiro atoms. The highest BCUT2D eigenvalue weighted by atomic mass is 16.5. The van der Waals surface area contributed by atoms with Crippen molar-refractivity contribution in [2.45, 2.75) is 12.6 Å². The Bertz CT molecular complexity index is 1030. The zero-order valence-corrected chi connectivity index (χ0v) is 22.3. The molecule has 4 heterocycles. The van der Waals surface area contributed by atoms with Crippen LogP contribution in [0.4, 0.5) is 5.69 Å². The summed E-state index contributed by atoms with van der Waals surface area (Å²) >= 11 is 0. The van der Waals surface area contributed by atoms with Gasteiger partial charge in [0.25, 0.3) is 5.91 Å². The number of oxazole rings is 1. The number of amides is 1. The van der Waals surface area contributed by atoms with Crippen molar-refractivity contribution >= 4 is 11.6 Å². The van der Waals surface area contributed by atoms with Gasteiger partial charge in [-0.15, -0.1) is 0 Å². The summed E-state index contributed by atoms with van der Waals surface area (Å²) in [5.74, 6) is 1.33. The zero-order chi connectivity index (χ0) is 26.3. The Balaban J connectivity index is 1.03. The average molecular weight is 529 g/mol. The lowest BCUT2D eigenvalue weighted by molar-refractivity contribution is 0.00187. The molecule has 38 heavy (non-hydrogen) atoms. The first-order valence-corrected chi connectivity index (χ1v) is 13.6. The molecule has 1 amide bonds. The van der Waals surface area contributed by atoms with Gasteiger partial charge in [-0.05, 0) is 12.1 Å². The number of carbonyl (C=O) groups excluding carboxylic acids is 1. The predicted molar refractivity (Wildman–Crippen MR) is 143 cm³/mol. The first kappa shape index (κ1) is 26.9. The molecule has 208 valence electrons. The van der Waals surface area contributed by atoms with Gasteiger partial charge < -0.3 is 28.8 Å². The predicted octanol–water partition coefficient (Wildman–Crippen LogP) is 0.456. The van der Waals surface area contributed by atoms with E-state index in [1.165, 1.54) is 6.26 Å². The van der Waals surface area contributed by atoms with Gasteiger partial charge in [0.2, 0.25) is 5.89 Å². The monoisotopic (exact) mass is 528 g/mol. The molecule has 5 rings (SSSR count). The Labute approximate surface area is 224 Å². The Kier molecular flexibility index (Phi) is 9.13. The number of aliphatic hydroxyl groups is 1. The van der Waals surface area contributed by atoms with E-state index in [4.69, 9.17) is 13.9 Å². The van der Waals surface area contributed by atoms with Gasteiger partial charge in [0.1, 0.15) is 12.0 Å². The van der Waals surface area contributed by atoms with E-state index < -0.39 is 0 Å². The van der Waals surface area contributed by atoms with Crippen LogP contribution >= 0.6 is 0 Å². The fourth-order valence-electron chi connectivity index (χ4n) is 5.38. The van der Waals surface area contributed by atoms with Crippen LogP contribution in [0.1, 0.15) is 16.4 Å². The average Bonchev–Trinajstić information content (AvgIpc) is 3.43. The lowest BCUT2D eigenvalue weighted by atomic mass is 10.2.